The third-order valence-corrected chi connectivity index (χ3v) is 3.49. The molecule has 0 bridgehead atoms. The Labute approximate surface area is 143 Å². The number of amidine groups is 1. The van der Waals surface area contributed by atoms with E-state index in [1.807, 2.05) is 74.3 Å². The highest BCUT2D eigenvalue weighted by Gasteiger charge is 2.13. The average Bonchev–Trinajstić information content (AvgIpc) is 2.59. The number of carbonyl (C=O) groups is 1. The first-order valence-electron chi connectivity index (χ1n) is 8.17. The number of aliphatic imine (C=N–C) groups is 1. The van der Waals surface area contributed by atoms with Crippen molar-refractivity contribution in [2.75, 3.05) is 13.7 Å². The van der Waals surface area contributed by atoms with Gasteiger partial charge >= 0.3 is 0 Å². The van der Waals surface area contributed by atoms with E-state index in [1.165, 1.54) is 0 Å². The van der Waals surface area contributed by atoms with E-state index in [4.69, 9.17) is 4.74 Å². The molecule has 2 aromatic rings. The van der Waals surface area contributed by atoms with Crippen LogP contribution in [0, 0.1) is 6.92 Å². The van der Waals surface area contributed by atoms with Crippen LogP contribution in [0.25, 0.3) is 0 Å². The molecule has 0 aliphatic carbocycles. The zero-order valence-electron chi connectivity index (χ0n) is 14.5. The minimum Gasteiger partial charge on any atom is -0.465 e. The molecule has 0 aliphatic heterocycles. The van der Waals surface area contributed by atoms with E-state index >= 15 is 0 Å². The van der Waals surface area contributed by atoms with E-state index in [1.54, 1.807) is 6.07 Å². The summed E-state index contributed by atoms with van der Waals surface area (Å²) in [5.74, 6) is -0.287. The summed E-state index contributed by atoms with van der Waals surface area (Å²) in [6.45, 7) is 5.14. The van der Waals surface area contributed by atoms with Crippen molar-refractivity contribution in [2.45, 2.75) is 26.8 Å². The lowest BCUT2D eigenvalue weighted by Crippen LogP contribution is -2.30. The van der Waals surface area contributed by atoms with Gasteiger partial charge in [0.2, 0.25) is 0 Å². The molecule has 24 heavy (non-hydrogen) atoms. The van der Waals surface area contributed by atoms with Crippen LogP contribution in [0.1, 0.15) is 34.8 Å². The van der Waals surface area contributed by atoms with Crippen LogP contribution in [0.5, 0.6) is 0 Å². The number of ether oxygens (including phenoxy) is 1. The third-order valence-electron chi connectivity index (χ3n) is 3.49. The molecule has 0 radical (unpaired) electrons. The lowest BCUT2D eigenvalue weighted by molar-refractivity contribution is 0.0994. The summed E-state index contributed by atoms with van der Waals surface area (Å²) in [7, 11) is 1.88. The molecule has 0 saturated heterocycles. The quantitative estimate of drug-likeness (QED) is 0.615. The molecule has 0 N–H and O–H groups in total. The van der Waals surface area contributed by atoms with Gasteiger partial charge in [0.25, 0.3) is 11.9 Å². The largest absolute Gasteiger partial charge is 0.465 e. The topological polar surface area (TPSA) is 41.9 Å². The van der Waals surface area contributed by atoms with Gasteiger partial charge in [-0.05, 0) is 31.0 Å². The van der Waals surface area contributed by atoms with E-state index in [0.717, 1.165) is 17.5 Å². The van der Waals surface area contributed by atoms with Crippen LogP contribution in [0.2, 0.25) is 0 Å². The summed E-state index contributed by atoms with van der Waals surface area (Å²) < 4.78 is 5.70. The number of amides is 1. The number of nitrogens with zero attached hydrogens (tertiary/aromatic N) is 2. The fourth-order valence-corrected chi connectivity index (χ4v) is 2.28. The molecule has 126 valence electrons. The van der Waals surface area contributed by atoms with Crippen molar-refractivity contribution in [3.05, 3.63) is 71.3 Å². The molecule has 0 heterocycles. The second kappa shape index (κ2) is 8.87. The molecule has 0 atom stereocenters. The maximum atomic E-state index is 12.4. The zero-order valence-corrected chi connectivity index (χ0v) is 14.5. The molecule has 0 unspecified atom stereocenters. The summed E-state index contributed by atoms with van der Waals surface area (Å²) in [6.07, 6.45) is 0.858. The maximum absolute atomic E-state index is 12.4. The number of aryl methyl sites for hydroxylation is 1. The van der Waals surface area contributed by atoms with E-state index < -0.39 is 0 Å². The van der Waals surface area contributed by atoms with E-state index in [0.29, 0.717) is 24.7 Å². The second-order valence-corrected chi connectivity index (χ2v) is 5.76. The molecular weight excluding hydrogens is 300 g/mol. The fraction of sp³-hybridized carbons (Fsp3) is 0.300. The minimum atomic E-state index is -0.287. The van der Waals surface area contributed by atoms with Crippen LogP contribution in [0.4, 0.5) is 0 Å². The highest BCUT2D eigenvalue weighted by Crippen LogP contribution is 2.09. The first kappa shape index (κ1) is 17.7. The van der Waals surface area contributed by atoms with Crippen LogP contribution in [0.15, 0.2) is 59.6 Å². The molecule has 2 rings (SSSR count). The highest BCUT2D eigenvalue weighted by molar-refractivity contribution is 6.01. The van der Waals surface area contributed by atoms with E-state index in [2.05, 4.69) is 4.99 Å². The van der Waals surface area contributed by atoms with Gasteiger partial charge in [0.1, 0.15) is 0 Å². The molecule has 2 aromatic carbocycles. The van der Waals surface area contributed by atoms with Gasteiger partial charge in [-0.3, -0.25) is 4.79 Å². The Kier molecular flexibility index (Phi) is 6.55. The Morgan fingerprint density at radius 2 is 1.88 bits per heavy atom. The summed E-state index contributed by atoms with van der Waals surface area (Å²) in [4.78, 5) is 18.5. The number of carbonyl (C=O) groups excluding carboxylic acids is 1. The standard InChI is InChI=1S/C20H24N2O2/c1-4-13-24-20(22(3)15-17-10-6-5-7-11-17)21-19(23)18-12-8-9-16(2)14-18/h5-12,14H,4,13,15H2,1-3H3. The average molecular weight is 324 g/mol. The van der Waals surface area contributed by atoms with E-state index in [9.17, 15) is 4.79 Å². The predicted molar refractivity (Wildman–Crippen MR) is 97.1 cm³/mol. The third kappa shape index (κ3) is 5.23. The first-order chi connectivity index (χ1) is 11.6. The monoisotopic (exact) mass is 324 g/mol. The SMILES string of the molecule is CCCOC(=NC(=O)c1cccc(C)c1)N(C)Cc1ccccc1. The van der Waals surface area contributed by atoms with Gasteiger partial charge in [-0.15, -0.1) is 0 Å². The van der Waals surface area contributed by atoms with Gasteiger partial charge in [-0.1, -0.05) is 55.0 Å². The van der Waals surface area contributed by atoms with Gasteiger partial charge in [0.15, 0.2) is 0 Å². The Bertz CT molecular complexity index is 696. The van der Waals surface area contributed by atoms with Crippen molar-refractivity contribution >= 4 is 11.9 Å². The summed E-state index contributed by atoms with van der Waals surface area (Å²) >= 11 is 0. The lowest BCUT2D eigenvalue weighted by Gasteiger charge is -2.21. The van der Waals surface area contributed by atoms with Crippen molar-refractivity contribution in [1.82, 2.24) is 4.90 Å². The molecule has 1 amide bonds. The fourth-order valence-electron chi connectivity index (χ4n) is 2.28. The van der Waals surface area contributed by atoms with Crippen molar-refractivity contribution in [3.8, 4) is 0 Å². The molecule has 0 saturated carbocycles. The van der Waals surface area contributed by atoms with Crippen molar-refractivity contribution in [1.29, 1.82) is 0 Å². The summed E-state index contributed by atoms with van der Waals surface area (Å²) in [6, 6.07) is 17.8. The molecule has 0 spiro atoms. The minimum absolute atomic E-state index is 0.287. The van der Waals surface area contributed by atoms with E-state index in [-0.39, 0.29) is 5.91 Å². The number of benzene rings is 2. The Balaban J connectivity index is 2.18. The van der Waals surface area contributed by atoms with Crippen LogP contribution < -0.4 is 0 Å². The molecule has 4 heteroatoms. The first-order valence-corrected chi connectivity index (χ1v) is 8.17. The second-order valence-electron chi connectivity index (χ2n) is 5.76. The molecule has 4 nitrogen and oxygen atoms in total. The van der Waals surface area contributed by atoms with Gasteiger partial charge in [-0.2, -0.15) is 4.99 Å². The van der Waals surface area contributed by atoms with Crippen molar-refractivity contribution in [3.63, 3.8) is 0 Å². The molecule has 0 aromatic heterocycles. The Morgan fingerprint density at radius 3 is 2.54 bits per heavy atom. The smallest absolute Gasteiger partial charge is 0.295 e. The van der Waals surface area contributed by atoms with Gasteiger partial charge in [-0.25, -0.2) is 0 Å². The lowest BCUT2D eigenvalue weighted by atomic mass is 10.1. The molecular formula is C20H24N2O2. The summed E-state index contributed by atoms with van der Waals surface area (Å²) in [5, 5.41) is 0. The van der Waals surface area contributed by atoms with Crippen molar-refractivity contribution in [2.24, 2.45) is 4.99 Å². The van der Waals surface area contributed by atoms with Crippen LogP contribution in [-0.2, 0) is 11.3 Å². The van der Waals surface area contributed by atoms with Gasteiger partial charge in [0.05, 0.1) is 6.61 Å². The van der Waals surface area contributed by atoms with Crippen LogP contribution in [-0.4, -0.2) is 30.5 Å². The number of hydrogen-bond donors (Lipinski definition) is 0. The van der Waals surface area contributed by atoms with Crippen LogP contribution in [0.3, 0.4) is 0 Å². The Hall–Kier alpha value is -2.62. The molecule has 0 aliphatic rings. The summed E-state index contributed by atoms with van der Waals surface area (Å²) in [5.41, 5.74) is 2.74. The van der Waals surface area contributed by atoms with Crippen LogP contribution >= 0.6 is 0 Å². The number of rotatable bonds is 5. The normalized spacial score (nSPS) is 11.2. The number of hydrogen-bond acceptors (Lipinski definition) is 2. The maximum Gasteiger partial charge on any atom is 0.295 e. The predicted octanol–water partition coefficient (Wildman–Crippen LogP) is 4.05. The Morgan fingerprint density at radius 1 is 1.12 bits per heavy atom. The van der Waals surface area contributed by atoms with Gasteiger partial charge < -0.3 is 9.64 Å². The zero-order chi connectivity index (χ0) is 17.4. The molecule has 0 fully saturated rings. The van der Waals surface area contributed by atoms with Gasteiger partial charge in [0, 0.05) is 19.2 Å². The van der Waals surface area contributed by atoms with Crippen molar-refractivity contribution < 1.29 is 9.53 Å². The highest BCUT2D eigenvalue weighted by atomic mass is 16.5.